The van der Waals surface area contributed by atoms with Gasteiger partial charge in [-0.2, -0.15) is 0 Å². The number of aliphatic hydroxyl groups is 1. The number of carbonyl (C=O) groups excluding carboxylic acids is 1. The fraction of sp³-hybridized carbons (Fsp3) is 0.467. The van der Waals surface area contributed by atoms with Crippen LogP contribution >= 0.6 is 0 Å². The molecule has 1 aromatic carbocycles. The monoisotopic (exact) mass is 275 g/mol. The molecule has 0 radical (unpaired) electrons. The molecule has 0 amide bonds. The second kappa shape index (κ2) is 6.52. The van der Waals surface area contributed by atoms with Crippen molar-refractivity contribution in [2.45, 2.75) is 32.6 Å². The Hall–Kier alpha value is -1.88. The van der Waals surface area contributed by atoms with Crippen LogP contribution in [0, 0.1) is 0 Å². The molecule has 0 spiro atoms. The summed E-state index contributed by atoms with van der Waals surface area (Å²) in [5.41, 5.74) is 3.19. The second-order valence-corrected chi connectivity index (χ2v) is 4.82. The van der Waals surface area contributed by atoms with E-state index in [-0.39, 0.29) is 12.4 Å². The van der Waals surface area contributed by atoms with Crippen molar-refractivity contribution in [2.75, 3.05) is 19.0 Å². The number of fused-ring (bicyclic) bond motifs is 1. The van der Waals surface area contributed by atoms with Gasteiger partial charge in [-0.25, -0.2) is 4.98 Å². The van der Waals surface area contributed by atoms with E-state index in [2.05, 4.69) is 15.3 Å². The van der Waals surface area contributed by atoms with E-state index in [9.17, 15) is 4.79 Å². The van der Waals surface area contributed by atoms with E-state index in [0.29, 0.717) is 24.8 Å². The third-order valence-electron chi connectivity index (χ3n) is 3.30. The summed E-state index contributed by atoms with van der Waals surface area (Å²) in [5, 5.41) is 12.0. The standard InChI is InChI=1S/C15H21N3O2/c1-3-5-12(20)10-7-8-11-15(14(10)16-2)18-13(17-11)6-4-9-19/h7-8,16,19H,3-6,9H2,1-2H3,(H,17,18). The number of aromatic amines is 1. The fourth-order valence-corrected chi connectivity index (χ4v) is 2.34. The minimum Gasteiger partial charge on any atom is -0.396 e. The highest BCUT2D eigenvalue weighted by Gasteiger charge is 2.15. The topological polar surface area (TPSA) is 78.0 Å². The summed E-state index contributed by atoms with van der Waals surface area (Å²) in [4.78, 5) is 19.9. The Morgan fingerprint density at radius 2 is 2.25 bits per heavy atom. The molecule has 20 heavy (non-hydrogen) atoms. The molecule has 0 saturated carbocycles. The third kappa shape index (κ3) is 2.82. The number of nitrogens with one attached hydrogen (secondary N) is 2. The van der Waals surface area contributed by atoms with Crippen LogP contribution in [0.3, 0.4) is 0 Å². The Balaban J connectivity index is 2.44. The van der Waals surface area contributed by atoms with E-state index < -0.39 is 0 Å². The van der Waals surface area contributed by atoms with Gasteiger partial charge in [0.15, 0.2) is 5.78 Å². The Kier molecular flexibility index (Phi) is 4.74. The predicted octanol–water partition coefficient (Wildman–Crippen LogP) is 2.51. The summed E-state index contributed by atoms with van der Waals surface area (Å²) < 4.78 is 0. The van der Waals surface area contributed by atoms with Gasteiger partial charge in [-0.05, 0) is 25.0 Å². The lowest BCUT2D eigenvalue weighted by molar-refractivity contribution is 0.0982. The van der Waals surface area contributed by atoms with Gasteiger partial charge in [0, 0.05) is 32.1 Å². The fourth-order valence-electron chi connectivity index (χ4n) is 2.34. The number of nitrogens with zero attached hydrogens (tertiary/aromatic N) is 1. The van der Waals surface area contributed by atoms with Crippen LogP contribution in [0.25, 0.3) is 11.0 Å². The summed E-state index contributed by atoms with van der Waals surface area (Å²) in [7, 11) is 1.81. The average Bonchev–Trinajstić information content (AvgIpc) is 2.87. The maximum absolute atomic E-state index is 12.1. The number of aryl methyl sites for hydroxylation is 1. The van der Waals surface area contributed by atoms with Crippen molar-refractivity contribution in [3.63, 3.8) is 0 Å². The summed E-state index contributed by atoms with van der Waals surface area (Å²) in [6.07, 6.45) is 2.76. The quantitative estimate of drug-likeness (QED) is 0.678. The molecule has 108 valence electrons. The van der Waals surface area contributed by atoms with Crippen molar-refractivity contribution in [1.29, 1.82) is 0 Å². The third-order valence-corrected chi connectivity index (χ3v) is 3.30. The number of aromatic nitrogens is 2. The van der Waals surface area contributed by atoms with Crippen LogP contribution in [-0.2, 0) is 6.42 Å². The second-order valence-electron chi connectivity index (χ2n) is 4.82. The predicted molar refractivity (Wildman–Crippen MR) is 80.3 cm³/mol. The highest BCUT2D eigenvalue weighted by Crippen LogP contribution is 2.27. The van der Waals surface area contributed by atoms with Gasteiger partial charge in [-0.3, -0.25) is 4.79 Å². The van der Waals surface area contributed by atoms with Gasteiger partial charge in [-0.15, -0.1) is 0 Å². The van der Waals surface area contributed by atoms with Crippen molar-refractivity contribution < 1.29 is 9.90 Å². The van der Waals surface area contributed by atoms with Gasteiger partial charge in [0.2, 0.25) is 0 Å². The smallest absolute Gasteiger partial charge is 0.165 e. The van der Waals surface area contributed by atoms with Crippen molar-refractivity contribution >= 4 is 22.5 Å². The molecule has 0 saturated heterocycles. The minimum absolute atomic E-state index is 0.138. The number of carbonyl (C=O) groups is 1. The lowest BCUT2D eigenvalue weighted by Crippen LogP contribution is -2.04. The molecule has 1 heterocycles. The lowest BCUT2D eigenvalue weighted by Gasteiger charge is -2.08. The maximum atomic E-state index is 12.1. The molecule has 3 N–H and O–H groups in total. The SMILES string of the molecule is CCCC(=O)c1ccc2[nH]c(CCCO)nc2c1NC. The summed E-state index contributed by atoms with van der Waals surface area (Å²) >= 11 is 0. The normalized spacial score (nSPS) is 10.9. The Labute approximate surface area is 118 Å². The number of rotatable bonds is 7. The van der Waals surface area contributed by atoms with Crippen LogP contribution in [0.4, 0.5) is 5.69 Å². The molecule has 0 atom stereocenters. The van der Waals surface area contributed by atoms with Gasteiger partial charge >= 0.3 is 0 Å². The lowest BCUT2D eigenvalue weighted by atomic mass is 10.0. The van der Waals surface area contributed by atoms with Gasteiger partial charge < -0.3 is 15.4 Å². The largest absolute Gasteiger partial charge is 0.396 e. The maximum Gasteiger partial charge on any atom is 0.165 e. The first-order valence-corrected chi connectivity index (χ1v) is 7.04. The Morgan fingerprint density at radius 1 is 1.45 bits per heavy atom. The zero-order valence-corrected chi connectivity index (χ0v) is 12.0. The molecule has 5 heteroatoms. The first kappa shape index (κ1) is 14.5. The van der Waals surface area contributed by atoms with Crippen molar-refractivity contribution in [1.82, 2.24) is 9.97 Å². The van der Waals surface area contributed by atoms with Crippen LogP contribution in [0.15, 0.2) is 12.1 Å². The number of Topliss-reactive ketones (excluding diaryl/α,β-unsaturated/α-hetero) is 1. The van der Waals surface area contributed by atoms with E-state index in [1.54, 1.807) is 7.05 Å². The van der Waals surface area contributed by atoms with Gasteiger partial charge in [0.05, 0.1) is 11.2 Å². The number of H-pyrrole nitrogens is 1. The van der Waals surface area contributed by atoms with Crippen molar-refractivity contribution in [3.8, 4) is 0 Å². The molecule has 2 rings (SSSR count). The molecule has 1 aromatic heterocycles. The molecular formula is C15H21N3O2. The van der Waals surface area contributed by atoms with E-state index in [4.69, 9.17) is 5.11 Å². The number of anilines is 1. The molecule has 0 aliphatic heterocycles. The first-order valence-electron chi connectivity index (χ1n) is 7.04. The van der Waals surface area contributed by atoms with Crippen LogP contribution in [0.2, 0.25) is 0 Å². The molecular weight excluding hydrogens is 254 g/mol. The Morgan fingerprint density at radius 3 is 2.90 bits per heavy atom. The number of aliphatic hydroxyl groups excluding tert-OH is 1. The molecule has 0 fully saturated rings. The van der Waals surface area contributed by atoms with E-state index in [0.717, 1.165) is 29.0 Å². The molecule has 0 aliphatic rings. The number of benzene rings is 1. The summed E-state index contributed by atoms with van der Waals surface area (Å²) in [6.45, 7) is 2.15. The van der Waals surface area contributed by atoms with E-state index in [1.165, 1.54) is 0 Å². The number of hydrogen-bond acceptors (Lipinski definition) is 4. The van der Waals surface area contributed by atoms with Crippen molar-refractivity contribution in [2.24, 2.45) is 0 Å². The van der Waals surface area contributed by atoms with Crippen LogP contribution in [0.5, 0.6) is 0 Å². The van der Waals surface area contributed by atoms with Crippen molar-refractivity contribution in [3.05, 3.63) is 23.5 Å². The average molecular weight is 275 g/mol. The van der Waals surface area contributed by atoms with Crippen LogP contribution in [0.1, 0.15) is 42.4 Å². The molecule has 0 aliphatic carbocycles. The summed E-state index contributed by atoms with van der Waals surface area (Å²) in [6, 6.07) is 3.74. The van der Waals surface area contributed by atoms with Crippen LogP contribution in [-0.4, -0.2) is 34.5 Å². The number of imidazole rings is 1. The van der Waals surface area contributed by atoms with Gasteiger partial charge in [-0.1, -0.05) is 6.92 Å². The molecule has 5 nitrogen and oxygen atoms in total. The zero-order valence-electron chi connectivity index (χ0n) is 12.0. The molecule has 0 bridgehead atoms. The number of hydrogen-bond donors (Lipinski definition) is 3. The first-order chi connectivity index (χ1) is 9.71. The van der Waals surface area contributed by atoms with E-state index in [1.807, 2.05) is 19.1 Å². The highest BCUT2D eigenvalue weighted by molar-refractivity contribution is 6.07. The van der Waals surface area contributed by atoms with Gasteiger partial charge in [0.25, 0.3) is 0 Å². The Bertz CT molecular complexity index is 604. The molecule has 0 unspecified atom stereocenters. The number of ketones is 1. The van der Waals surface area contributed by atoms with Gasteiger partial charge in [0.1, 0.15) is 11.3 Å². The van der Waals surface area contributed by atoms with E-state index >= 15 is 0 Å². The highest BCUT2D eigenvalue weighted by atomic mass is 16.2. The molecule has 2 aromatic rings. The zero-order chi connectivity index (χ0) is 14.5. The summed E-state index contributed by atoms with van der Waals surface area (Å²) in [5.74, 6) is 0.976. The van der Waals surface area contributed by atoms with Crippen LogP contribution < -0.4 is 5.32 Å². The minimum atomic E-state index is 0.138.